The first kappa shape index (κ1) is 18.6. The van der Waals surface area contributed by atoms with Crippen molar-refractivity contribution in [3.63, 3.8) is 0 Å². The number of aromatic nitrogens is 5. The molecule has 142 valence electrons. The average Bonchev–Trinajstić information content (AvgIpc) is 3.00. The first-order chi connectivity index (χ1) is 13.6. The van der Waals surface area contributed by atoms with Crippen LogP contribution in [0.25, 0.3) is 22.1 Å². The number of carbonyl (C=O) groups is 1. The van der Waals surface area contributed by atoms with E-state index in [9.17, 15) is 4.79 Å². The van der Waals surface area contributed by atoms with Gasteiger partial charge in [-0.3, -0.25) is 4.79 Å². The van der Waals surface area contributed by atoms with Crippen LogP contribution in [-0.4, -0.2) is 35.9 Å². The van der Waals surface area contributed by atoms with Gasteiger partial charge in [-0.2, -0.15) is 0 Å². The number of hydrogen-bond donors (Lipinski definition) is 1. The second-order valence-corrected chi connectivity index (χ2v) is 7.76. The van der Waals surface area contributed by atoms with E-state index in [1.807, 2.05) is 42.8 Å². The highest BCUT2D eigenvalue weighted by Gasteiger charge is 2.22. The highest BCUT2D eigenvalue weighted by atomic mass is 35.5. The number of fused-ring (bicyclic) bond motifs is 3. The molecule has 1 amide bonds. The third-order valence-electron chi connectivity index (χ3n) is 4.40. The molecule has 0 aliphatic heterocycles. The predicted octanol–water partition coefficient (Wildman–Crippen LogP) is 4.07. The van der Waals surface area contributed by atoms with E-state index in [-0.39, 0.29) is 5.91 Å². The van der Waals surface area contributed by atoms with Crippen LogP contribution in [0.1, 0.15) is 13.3 Å². The average molecular weight is 413 g/mol. The molecule has 3 aromatic heterocycles. The van der Waals surface area contributed by atoms with Crippen molar-refractivity contribution >= 4 is 57.2 Å². The number of aryl methyl sites for hydroxylation is 1. The molecule has 4 rings (SSSR count). The molecule has 0 spiro atoms. The van der Waals surface area contributed by atoms with Crippen molar-refractivity contribution in [2.24, 2.45) is 7.05 Å². The lowest BCUT2D eigenvalue weighted by atomic mass is 10.2. The van der Waals surface area contributed by atoms with Gasteiger partial charge in [0.15, 0.2) is 11.5 Å². The van der Waals surface area contributed by atoms with Crippen LogP contribution in [0.15, 0.2) is 47.8 Å². The van der Waals surface area contributed by atoms with Gasteiger partial charge >= 0.3 is 0 Å². The summed E-state index contributed by atoms with van der Waals surface area (Å²) < 4.78 is 1.98. The lowest BCUT2D eigenvalue weighted by Crippen LogP contribution is -2.25. The standard InChI is InChI=1S/C19H17ClN6OS/c1-3-14(18(27)22-16-12(20)8-6-10-21-16)28-19-23-17-15(24-25-19)11-7-4-5-9-13(11)26(17)2/h4-10,14H,3H2,1-2H3,(H,21,22,27). The molecule has 3 heterocycles. The third kappa shape index (κ3) is 3.41. The molecular formula is C19H17ClN6OS. The Bertz CT molecular complexity index is 1180. The number of halogens is 1. The largest absolute Gasteiger partial charge is 0.327 e. The number of nitrogens with zero attached hydrogens (tertiary/aromatic N) is 5. The summed E-state index contributed by atoms with van der Waals surface area (Å²) in [6.45, 7) is 1.93. The normalized spacial score (nSPS) is 12.4. The fourth-order valence-corrected chi connectivity index (χ4v) is 3.95. The molecule has 1 unspecified atom stereocenters. The molecule has 9 heteroatoms. The summed E-state index contributed by atoms with van der Waals surface area (Å²) in [4.78, 5) is 21.4. The Morgan fingerprint density at radius 3 is 2.86 bits per heavy atom. The van der Waals surface area contributed by atoms with Crippen molar-refractivity contribution in [2.45, 2.75) is 23.8 Å². The maximum absolute atomic E-state index is 12.7. The van der Waals surface area contributed by atoms with Crippen LogP contribution >= 0.6 is 23.4 Å². The summed E-state index contributed by atoms with van der Waals surface area (Å²) in [5.41, 5.74) is 2.53. The van der Waals surface area contributed by atoms with E-state index in [1.165, 1.54) is 11.8 Å². The topological polar surface area (TPSA) is 85.6 Å². The van der Waals surface area contributed by atoms with Gasteiger partial charge in [-0.15, -0.1) is 10.2 Å². The number of amides is 1. The molecule has 4 aromatic rings. The Morgan fingerprint density at radius 2 is 2.07 bits per heavy atom. The summed E-state index contributed by atoms with van der Waals surface area (Å²) in [7, 11) is 1.95. The zero-order valence-corrected chi connectivity index (χ0v) is 16.8. The smallest absolute Gasteiger partial charge is 0.239 e. The van der Waals surface area contributed by atoms with Gasteiger partial charge in [0.1, 0.15) is 5.52 Å². The minimum absolute atomic E-state index is 0.200. The molecule has 7 nitrogen and oxygen atoms in total. The van der Waals surface area contributed by atoms with E-state index < -0.39 is 5.25 Å². The Labute approximate surface area is 170 Å². The first-order valence-electron chi connectivity index (χ1n) is 8.74. The predicted molar refractivity (Wildman–Crippen MR) is 112 cm³/mol. The molecular weight excluding hydrogens is 396 g/mol. The number of thioether (sulfide) groups is 1. The summed E-state index contributed by atoms with van der Waals surface area (Å²) in [6, 6.07) is 11.4. The van der Waals surface area contributed by atoms with Crippen molar-refractivity contribution in [3.8, 4) is 0 Å². The van der Waals surface area contributed by atoms with Crippen LogP contribution in [0.3, 0.4) is 0 Å². The summed E-state index contributed by atoms with van der Waals surface area (Å²) in [5, 5.41) is 12.8. The molecule has 0 fully saturated rings. The summed E-state index contributed by atoms with van der Waals surface area (Å²) >= 11 is 7.35. The van der Waals surface area contributed by atoms with E-state index in [2.05, 4.69) is 25.5 Å². The second-order valence-electron chi connectivity index (χ2n) is 6.18. The minimum atomic E-state index is -0.396. The van der Waals surface area contributed by atoms with Crippen molar-refractivity contribution in [1.82, 2.24) is 24.7 Å². The molecule has 1 atom stereocenters. The molecule has 0 saturated carbocycles. The maximum atomic E-state index is 12.7. The first-order valence-corrected chi connectivity index (χ1v) is 10.00. The molecule has 28 heavy (non-hydrogen) atoms. The molecule has 1 aromatic carbocycles. The van der Waals surface area contributed by atoms with Gasteiger partial charge < -0.3 is 9.88 Å². The number of hydrogen-bond acceptors (Lipinski definition) is 6. The maximum Gasteiger partial charge on any atom is 0.239 e. The Hall–Kier alpha value is -2.71. The number of anilines is 1. The minimum Gasteiger partial charge on any atom is -0.327 e. The lowest BCUT2D eigenvalue weighted by Gasteiger charge is -2.13. The number of benzene rings is 1. The molecule has 0 radical (unpaired) electrons. The summed E-state index contributed by atoms with van der Waals surface area (Å²) in [6.07, 6.45) is 2.17. The van der Waals surface area contributed by atoms with Gasteiger partial charge in [0.25, 0.3) is 0 Å². The van der Waals surface area contributed by atoms with Gasteiger partial charge in [-0.25, -0.2) is 9.97 Å². The zero-order chi connectivity index (χ0) is 19.7. The highest BCUT2D eigenvalue weighted by molar-refractivity contribution is 8.00. The molecule has 0 aliphatic carbocycles. The van der Waals surface area contributed by atoms with E-state index in [4.69, 9.17) is 11.6 Å². The van der Waals surface area contributed by atoms with E-state index in [0.29, 0.717) is 22.4 Å². The van der Waals surface area contributed by atoms with Crippen LogP contribution in [0.2, 0.25) is 5.02 Å². The van der Waals surface area contributed by atoms with Gasteiger partial charge in [0, 0.05) is 18.6 Å². The number of pyridine rings is 1. The quantitative estimate of drug-likeness (QED) is 0.497. The third-order valence-corrected chi connectivity index (χ3v) is 5.92. The second kappa shape index (κ2) is 7.73. The van der Waals surface area contributed by atoms with Gasteiger partial charge in [0.05, 0.1) is 15.8 Å². The molecule has 0 aliphatic rings. The number of rotatable bonds is 5. The van der Waals surface area contributed by atoms with Crippen molar-refractivity contribution in [2.75, 3.05) is 5.32 Å². The van der Waals surface area contributed by atoms with Gasteiger partial charge in [-0.05, 0) is 24.6 Å². The molecule has 0 bridgehead atoms. The Kier molecular flexibility index (Phi) is 5.15. The van der Waals surface area contributed by atoms with Crippen LogP contribution in [0.4, 0.5) is 5.82 Å². The molecule has 0 saturated heterocycles. The zero-order valence-electron chi connectivity index (χ0n) is 15.3. The number of para-hydroxylation sites is 1. The Balaban J connectivity index is 1.60. The van der Waals surface area contributed by atoms with E-state index in [1.54, 1.807) is 18.3 Å². The van der Waals surface area contributed by atoms with Gasteiger partial charge in [0.2, 0.25) is 11.1 Å². The number of carbonyl (C=O) groups excluding carboxylic acids is 1. The van der Waals surface area contributed by atoms with Crippen LogP contribution < -0.4 is 5.32 Å². The van der Waals surface area contributed by atoms with Crippen LogP contribution in [0.5, 0.6) is 0 Å². The van der Waals surface area contributed by atoms with Crippen molar-refractivity contribution in [3.05, 3.63) is 47.6 Å². The van der Waals surface area contributed by atoms with Crippen LogP contribution in [-0.2, 0) is 11.8 Å². The van der Waals surface area contributed by atoms with Gasteiger partial charge in [-0.1, -0.05) is 48.5 Å². The fourth-order valence-electron chi connectivity index (χ4n) is 2.97. The SMILES string of the molecule is CCC(Sc1nnc2c3ccccc3n(C)c2n1)C(=O)Nc1ncccc1Cl. The lowest BCUT2D eigenvalue weighted by molar-refractivity contribution is -0.115. The van der Waals surface area contributed by atoms with Crippen molar-refractivity contribution in [1.29, 1.82) is 0 Å². The number of nitrogens with one attached hydrogen (secondary N) is 1. The highest BCUT2D eigenvalue weighted by Crippen LogP contribution is 2.28. The Morgan fingerprint density at radius 1 is 1.25 bits per heavy atom. The monoisotopic (exact) mass is 412 g/mol. The van der Waals surface area contributed by atoms with E-state index in [0.717, 1.165) is 22.1 Å². The van der Waals surface area contributed by atoms with Crippen molar-refractivity contribution < 1.29 is 4.79 Å². The fraction of sp³-hybridized carbons (Fsp3) is 0.211. The van der Waals surface area contributed by atoms with E-state index >= 15 is 0 Å². The molecule has 1 N–H and O–H groups in total. The summed E-state index contributed by atoms with van der Waals surface area (Å²) in [5.74, 6) is 0.144. The van der Waals surface area contributed by atoms with Crippen LogP contribution in [0, 0.1) is 0 Å².